The normalized spacial score (nSPS) is 10.7. The molecular formula is C15H22N4O. The minimum Gasteiger partial charge on any atom is -0.435 e. The summed E-state index contributed by atoms with van der Waals surface area (Å²) in [6.07, 6.45) is 7.54. The molecule has 5 nitrogen and oxygen atoms in total. The Balaban J connectivity index is 2.03. The molecule has 0 aromatic carbocycles. The number of hydrogen-bond acceptors (Lipinski definition) is 4. The van der Waals surface area contributed by atoms with Crippen LogP contribution >= 0.6 is 0 Å². The summed E-state index contributed by atoms with van der Waals surface area (Å²) in [5.41, 5.74) is 1.06. The molecule has 2 rings (SSSR count). The molecule has 1 N–H and O–H groups in total. The van der Waals surface area contributed by atoms with Gasteiger partial charge in [0.2, 0.25) is 5.88 Å². The molecule has 0 radical (unpaired) electrons. The van der Waals surface area contributed by atoms with Crippen LogP contribution in [0.1, 0.15) is 32.3 Å². The van der Waals surface area contributed by atoms with Gasteiger partial charge in [0.15, 0.2) is 5.75 Å². The zero-order chi connectivity index (χ0) is 14.2. The van der Waals surface area contributed by atoms with Gasteiger partial charge in [-0.2, -0.15) is 5.10 Å². The van der Waals surface area contributed by atoms with Crippen LogP contribution in [0.25, 0.3) is 0 Å². The first-order valence-electron chi connectivity index (χ1n) is 7.18. The average molecular weight is 274 g/mol. The van der Waals surface area contributed by atoms with Gasteiger partial charge in [-0.15, -0.1) is 0 Å². The summed E-state index contributed by atoms with van der Waals surface area (Å²) < 4.78 is 7.71. The summed E-state index contributed by atoms with van der Waals surface area (Å²) in [7, 11) is 0. The summed E-state index contributed by atoms with van der Waals surface area (Å²) in [5.74, 6) is 1.38. The molecule has 0 aliphatic carbocycles. The lowest BCUT2D eigenvalue weighted by Gasteiger charge is -2.08. The molecule has 2 heterocycles. The third-order valence-electron chi connectivity index (χ3n) is 2.87. The highest BCUT2D eigenvalue weighted by atomic mass is 16.5. The predicted octanol–water partition coefficient (Wildman–Crippen LogP) is 2.98. The Hall–Kier alpha value is -1.88. The van der Waals surface area contributed by atoms with E-state index in [4.69, 9.17) is 4.74 Å². The van der Waals surface area contributed by atoms with E-state index in [-0.39, 0.29) is 0 Å². The van der Waals surface area contributed by atoms with Crippen molar-refractivity contribution < 1.29 is 4.74 Å². The van der Waals surface area contributed by atoms with Crippen molar-refractivity contribution in [1.29, 1.82) is 0 Å². The van der Waals surface area contributed by atoms with E-state index in [0.29, 0.717) is 5.88 Å². The number of nitrogens with one attached hydrogen (secondary N) is 1. The summed E-state index contributed by atoms with van der Waals surface area (Å²) >= 11 is 0. The van der Waals surface area contributed by atoms with Gasteiger partial charge in [0, 0.05) is 24.8 Å². The monoisotopic (exact) mass is 274 g/mol. The molecule has 20 heavy (non-hydrogen) atoms. The average Bonchev–Trinajstić information content (AvgIpc) is 2.89. The van der Waals surface area contributed by atoms with Crippen LogP contribution in [0.4, 0.5) is 0 Å². The zero-order valence-electron chi connectivity index (χ0n) is 12.2. The molecule has 108 valence electrons. The van der Waals surface area contributed by atoms with Gasteiger partial charge in [0.1, 0.15) is 0 Å². The Kier molecular flexibility index (Phi) is 5.55. The molecule has 0 saturated heterocycles. The molecule has 2 aromatic rings. The zero-order valence-corrected chi connectivity index (χ0v) is 12.2. The van der Waals surface area contributed by atoms with Crippen molar-refractivity contribution >= 4 is 0 Å². The first kappa shape index (κ1) is 14.5. The predicted molar refractivity (Wildman–Crippen MR) is 78.8 cm³/mol. The molecule has 0 aliphatic rings. The third kappa shape index (κ3) is 4.06. The lowest BCUT2D eigenvalue weighted by molar-refractivity contribution is 0.451. The van der Waals surface area contributed by atoms with Gasteiger partial charge in [0.25, 0.3) is 0 Å². The van der Waals surface area contributed by atoms with E-state index in [9.17, 15) is 0 Å². The highest BCUT2D eigenvalue weighted by Gasteiger charge is 2.07. The van der Waals surface area contributed by atoms with Crippen molar-refractivity contribution in [2.75, 3.05) is 6.54 Å². The van der Waals surface area contributed by atoms with Crippen molar-refractivity contribution in [1.82, 2.24) is 20.1 Å². The number of nitrogens with zero attached hydrogens (tertiary/aromatic N) is 3. The fourth-order valence-electron chi connectivity index (χ4n) is 1.91. The van der Waals surface area contributed by atoms with Crippen molar-refractivity contribution in [3.05, 3.63) is 36.3 Å². The topological polar surface area (TPSA) is 52.0 Å². The summed E-state index contributed by atoms with van der Waals surface area (Å²) in [6.45, 7) is 6.92. The molecule has 0 saturated carbocycles. The summed E-state index contributed by atoms with van der Waals surface area (Å²) in [5, 5.41) is 7.62. The summed E-state index contributed by atoms with van der Waals surface area (Å²) in [6, 6.07) is 3.96. The lowest BCUT2D eigenvalue weighted by atomic mass is 10.2. The Bertz CT molecular complexity index is 524. The van der Waals surface area contributed by atoms with Crippen LogP contribution in [0.15, 0.2) is 30.7 Å². The van der Waals surface area contributed by atoms with Gasteiger partial charge < -0.3 is 10.1 Å². The molecule has 0 atom stereocenters. The standard InChI is InChI=1S/C15H22N4O/c1-3-7-16-10-13-6-5-8-17-15(13)20-14-11-18-19(12-14)9-4-2/h5-6,8,11-12,16H,3-4,7,9-10H2,1-2H3. The van der Waals surface area contributed by atoms with Crippen LogP contribution < -0.4 is 10.1 Å². The fraction of sp³-hybridized carbons (Fsp3) is 0.467. The fourth-order valence-corrected chi connectivity index (χ4v) is 1.91. The van der Waals surface area contributed by atoms with Crippen molar-refractivity contribution in [2.45, 2.75) is 39.8 Å². The second kappa shape index (κ2) is 7.65. The van der Waals surface area contributed by atoms with Crippen molar-refractivity contribution in [3.63, 3.8) is 0 Å². The maximum atomic E-state index is 5.83. The summed E-state index contributed by atoms with van der Waals surface area (Å²) in [4.78, 5) is 4.31. The first-order chi connectivity index (χ1) is 9.83. The second-order valence-electron chi connectivity index (χ2n) is 4.69. The molecule has 0 bridgehead atoms. The molecule has 5 heteroatoms. The number of pyridine rings is 1. The Morgan fingerprint density at radius 1 is 1.30 bits per heavy atom. The Morgan fingerprint density at radius 3 is 3.00 bits per heavy atom. The Labute approximate surface area is 120 Å². The maximum Gasteiger partial charge on any atom is 0.223 e. The number of rotatable bonds is 8. The maximum absolute atomic E-state index is 5.83. The molecule has 2 aromatic heterocycles. The molecule has 0 fully saturated rings. The van der Waals surface area contributed by atoms with Crippen LogP contribution in [-0.4, -0.2) is 21.3 Å². The molecule has 0 unspecified atom stereocenters. The first-order valence-corrected chi connectivity index (χ1v) is 7.18. The van der Waals surface area contributed by atoms with Crippen molar-refractivity contribution in [2.24, 2.45) is 0 Å². The van der Waals surface area contributed by atoms with E-state index in [1.807, 2.05) is 23.0 Å². The SMILES string of the molecule is CCCNCc1cccnc1Oc1cnn(CCC)c1. The molecule has 0 amide bonds. The number of ether oxygens (including phenoxy) is 1. The minimum atomic E-state index is 0.646. The van der Waals surface area contributed by atoms with Crippen molar-refractivity contribution in [3.8, 4) is 11.6 Å². The quantitative estimate of drug-likeness (QED) is 0.752. The van der Waals surface area contributed by atoms with E-state index in [1.165, 1.54) is 0 Å². The minimum absolute atomic E-state index is 0.646. The lowest BCUT2D eigenvalue weighted by Crippen LogP contribution is -2.14. The van der Waals surface area contributed by atoms with E-state index >= 15 is 0 Å². The third-order valence-corrected chi connectivity index (χ3v) is 2.87. The Morgan fingerprint density at radius 2 is 2.20 bits per heavy atom. The van der Waals surface area contributed by atoms with Crippen LogP contribution in [0.3, 0.4) is 0 Å². The highest BCUT2D eigenvalue weighted by Crippen LogP contribution is 2.22. The van der Waals surface area contributed by atoms with Crippen LogP contribution in [0.2, 0.25) is 0 Å². The van der Waals surface area contributed by atoms with Crippen LogP contribution in [-0.2, 0) is 13.1 Å². The number of hydrogen-bond donors (Lipinski definition) is 1. The van der Waals surface area contributed by atoms with E-state index < -0.39 is 0 Å². The number of aromatic nitrogens is 3. The second-order valence-corrected chi connectivity index (χ2v) is 4.69. The van der Waals surface area contributed by atoms with Gasteiger partial charge in [-0.3, -0.25) is 4.68 Å². The molecule has 0 aliphatic heterocycles. The van der Waals surface area contributed by atoms with Gasteiger partial charge >= 0.3 is 0 Å². The van der Waals surface area contributed by atoms with E-state index in [2.05, 4.69) is 29.2 Å². The smallest absolute Gasteiger partial charge is 0.223 e. The van der Waals surface area contributed by atoms with Gasteiger partial charge in [-0.05, 0) is 25.5 Å². The molecule has 0 spiro atoms. The van der Waals surface area contributed by atoms with Crippen LogP contribution in [0.5, 0.6) is 11.6 Å². The van der Waals surface area contributed by atoms with E-state index in [0.717, 1.165) is 43.8 Å². The van der Waals surface area contributed by atoms with Crippen LogP contribution in [0, 0.1) is 0 Å². The van der Waals surface area contributed by atoms with Gasteiger partial charge in [0.05, 0.1) is 12.4 Å². The van der Waals surface area contributed by atoms with Gasteiger partial charge in [-0.25, -0.2) is 4.98 Å². The number of aryl methyl sites for hydroxylation is 1. The van der Waals surface area contributed by atoms with E-state index in [1.54, 1.807) is 12.4 Å². The van der Waals surface area contributed by atoms with Gasteiger partial charge in [-0.1, -0.05) is 19.9 Å². The highest BCUT2D eigenvalue weighted by molar-refractivity contribution is 5.29. The molecular weight excluding hydrogens is 252 g/mol. The largest absolute Gasteiger partial charge is 0.435 e.